The van der Waals surface area contributed by atoms with Crippen molar-refractivity contribution in [2.24, 2.45) is 5.92 Å². The number of hydrogen-bond acceptors (Lipinski definition) is 2. The zero-order valence-corrected chi connectivity index (χ0v) is 10.8. The van der Waals surface area contributed by atoms with E-state index in [1.165, 1.54) is 19.0 Å². The molecule has 1 aromatic rings. The summed E-state index contributed by atoms with van der Waals surface area (Å²) in [5, 5.41) is 3.56. The first-order valence-electron chi connectivity index (χ1n) is 5.98. The second-order valence-corrected chi connectivity index (χ2v) is 5.20. The van der Waals surface area contributed by atoms with Crippen LogP contribution in [0.1, 0.15) is 12.0 Å². The molecule has 1 heterocycles. The topological polar surface area (TPSA) is 15.3 Å². The summed E-state index contributed by atoms with van der Waals surface area (Å²) in [4.78, 5) is 2.34. The molecule has 0 amide bonds. The van der Waals surface area contributed by atoms with E-state index in [1.54, 1.807) is 6.07 Å². The lowest BCUT2D eigenvalue weighted by Gasteiger charge is -2.11. The molecule has 0 radical (unpaired) electrons. The second-order valence-electron chi connectivity index (χ2n) is 4.80. The zero-order valence-electron chi connectivity index (χ0n) is 10.0. The first kappa shape index (κ1) is 12.8. The van der Waals surface area contributed by atoms with Gasteiger partial charge in [0, 0.05) is 13.1 Å². The van der Waals surface area contributed by atoms with E-state index in [-0.39, 0.29) is 10.8 Å². The van der Waals surface area contributed by atoms with Crippen LogP contribution in [0.4, 0.5) is 4.39 Å². The van der Waals surface area contributed by atoms with E-state index in [1.807, 2.05) is 6.07 Å². The van der Waals surface area contributed by atoms with Crippen molar-refractivity contribution in [2.45, 2.75) is 13.0 Å². The number of rotatable bonds is 4. The number of hydrogen-bond donors (Lipinski definition) is 1. The number of benzene rings is 1. The first-order chi connectivity index (χ1) is 8.15. The van der Waals surface area contributed by atoms with Crippen LogP contribution in [0.2, 0.25) is 5.02 Å². The highest BCUT2D eigenvalue weighted by atomic mass is 35.5. The molecule has 0 aliphatic carbocycles. The largest absolute Gasteiger partial charge is 0.312 e. The van der Waals surface area contributed by atoms with Gasteiger partial charge in [-0.2, -0.15) is 0 Å². The number of nitrogens with zero attached hydrogens (tertiary/aromatic N) is 1. The normalized spacial score (nSPS) is 21.0. The minimum absolute atomic E-state index is 0.186. The maximum atomic E-state index is 13.2. The maximum Gasteiger partial charge on any atom is 0.142 e. The van der Waals surface area contributed by atoms with Crippen molar-refractivity contribution in [2.75, 3.05) is 26.7 Å². The second kappa shape index (κ2) is 5.80. The molecule has 0 saturated carbocycles. The molecule has 1 atom stereocenters. The summed E-state index contributed by atoms with van der Waals surface area (Å²) in [5.74, 6) is 0.378. The highest BCUT2D eigenvalue weighted by molar-refractivity contribution is 6.30. The summed E-state index contributed by atoms with van der Waals surface area (Å²) in [6, 6.07) is 4.96. The Morgan fingerprint density at radius 3 is 3.00 bits per heavy atom. The first-order valence-corrected chi connectivity index (χ1v) is 6.36. The van der Waals surface area contributed by atoms with Gasteiger partial charge >= 0.3 is 0 Å². The van der Waals surface area contributed by atoms with Gasteiger partial charge in [0.25, 0.3) is 0 Å². The Labute approximate surface area is 107 Å². The van der Waals surface area contributed by atoms with Gasteiger partial charge in [0.15, 0.2) is 0 Å². The summed E-state index contributed by atoms with van der Waals surface area (Å²) >= 11 is 5.63. The summed E-state index contributed by atoms with van der Waals surface area (Å²) in [5.41, 5.74) is 0.943. The molecule has 0 spiro atoms. The molecule has 1 aliphatic rings. The molecule has 17 heavy (non-hydrogen) atoms. The van der Waals surface area contributed by atoms with Gasteiger partial charge in [-0.3, -0.25) is 0 Å². The smallest absolute Gasteiger partial charge is 0.142 e. The molecular formula is C13H18ClFN2. The van der Waals surface area contributed by atoms with Crippen molar-refractivity contribution in [1.29, 1.82) is 0 Å². The van der Waals surface area contributed by atoms with Crippen molar-refractivity contribution in [3.63, 3.8) is 0 Å². The van der Waals surface area contributed by atoms with Crippen molar-refractivity contribution < 1.29 is 4.39 Å². The van der Waals surface area contributed by atoms with E-state index in [9.17, 15) is 4.39 Å². The lowest BCUT2D eigenvalue weighted by atomic mass is 10.1. The summed E-state index contributed by atoms with van der Waals surface area (Å²) in [6.07, 6.45) is 1.25. The highest BCUT2D eigenvalue weighted by Crippen LogP contribution is 2.16. The quantitative estimate of drug-likeness (QED) is 0.891. The SMILES string of the molecule is CN1CCC(CNCc2ccc(Cl)c(F)c2)C1. The molecule has 1 aromatic carbocycles. The van der Waals surface area contributed by atoms with E-state index < -0.39 is 0 Å². The van der Waals surface area contributed by atoms with Gasteiger partial charge in [-0.05, 0) is 50.2 Å². The molecule has 1 unspecified atom stereocenters. The average Bonchev–Trinajstić information content (AvgIpc) is 2.70. The van der Waals surface area contributed by atoms with Crippen LogP contribution in [0.25, 0.3) is 0 Å². The highest BCUT2D eigenvalue weighted by Gasteiger charge is 2.18. The molecule has 1 fully saturated rings. The van der Waals surface area contributed by atoms with Gasteiger partial charge in [0.2, 0.25) is 0 Å². The minimum Gasteiger partial charge on any atom is -0.312 e. The summed E-state index contributed by atoms with van der Waals surface area (Å²) in [7, 11) is 2.15. The van der Waals surface area contributed by atoms with Gasteiger partial charge in [-0.15, -0.1) is 0 Å². The Bertz CT molecular complexity index is 384. The fourth-order valence-electron chi connectivity index (χ4n) is 2.26. The van der Waals surface area contributed by atoms with Crippen LogP contribution in [0.15, 0.2) is 18.2 Å². The van der Waals surface area contributed by atoms with Gasteiger partial charge in [-0.25, -0.2) is 4.39 Å². The van der Waals surface area contributed by atoms with Gasteiger partial charge in [0.1, 0.15) is 5.82 Å². The fraction of sp³-hybridized carbons (Fsp3) is 0.538. The van der Waals surface area contributed by atoms with Crippen molar-refractivity contribution in [1.82, 2.24) is 10.2 Å². The molecule has 0 aromatic heterocycles. The molecule has 94 valence electrons. The molecule has 2 rings (SSSR count). The van der Waals surface area contributed by atoms with Crippen LogP contribution in [-0.4, -0.2) is 31.6 Å². The van der Waals surface area contributed by atoms with Crippen LogP contribution in [0.5, 0.6) is 0 Å². The van der Waals surface area contributed by atoms with Gasteiger partial charge in [0.05, 0.1) is 5.02 Å². The Balaban J connectivity index is 1.76. The Morgan fingerprint density at radius 2 is 2.35 bits per heavy atom. The predicted octanol–water partition coefficient (Wildman–Crippen LogP) is 2.52. The standard InChI is InChI=1S/C13H18ClFN2/c1-17-5-4-11(9-17)8-16-7-10-2-3-12(14)13(15)6-10/h2-3,6,11,16H,4-5,7-9H2,1H3. The summed E-state index contributed by atoms with van der Waals surface area (Å²) < 4.78 is 13.2. The Kier molecular flexibility index (Phi) is 4.37. The number of likely N-dealkylation sites (tertiary alicyclic amines) is 1. The molecule has 1 N–H and O–H groups in total. The lowest BCUT2D eigenvalue weighted by Crippen LogP contribution is -2.24. The van der Waals surface area contributed by atoms with Crippen LogP contribution in [-0.2, 0) is 6.54 Å². The molecule has 0 bridgehead atoms. The zero-order chi connectivity index (χ0) is 12.3. The molecule has 4 heteroatoms. The third kappa shape index (κ3) is 3.66. The van der Waals surface area contributed by atoms with Gasteiger partial charge < -0.3 is 10.2 Å². The molecule has 1 aliphatic heterocycles. The predicted molar refractivity (Wildman–Crippen MR) is 68.7 cm³/mol. The molecule has 1 saturated heterocycles. The average molecular weight is 257 g/mol. The number of halogens is 2. The fourth-order valence-corrected chi connectivity index (χ4v) is 2.38. The van der Waals surface area contributed by atoms with Crippen LogP contribution >= 0.6 is 11.6 Å². The third-order valence-electron chi connectivity index (χ3n) is 3.24. The van der Waals surface area contributed by atoms with Crippen LogP contribution in [0, 0.1) is 11.7 Å². The van der Waals surface area contributed by atoms with Gasteiger partial charge in [-0.1, -0.05) is 17.7 Å². The van der Waals surface area contributed by atoms with E-state index in [0.717, 1.165) is 24.6 Å². The van der Waals surface area contributed by atoms with E-state index >= 15 is 0 Å². The number of nitrogens with one attached hydrogen (secondary N) is 1. The Hall–Kier alpha value is -0.640. The van der Waals surface area contributed by atoms with E-state index in [4.69, 9.17) is 11.6 Å². The summed E-state index contributed by atoms with van der Waals surface area (Å²) in [6.45, 7) is 4.03. The third-order valence-corrected chi connectivity index (χ3v) is 3.54. The Morgan fingerprint density at radius 1 is 1.53 bits per heavy atom. The van der Waals surface area contributed by atoms with Crippen molar-refractivity contribution in [3.8, 4) is 0 Å². The van der Waals surface area contributed by atoms with Crippen molar-refractivity contribution >= 4 is 11.6 Å². The van der Waals surface area contributed by atoms with Crippen molar-refractivity contribution in [3.05, 3.63) is 34.6 Å². The van der Waals surface area contributed by atoms with E-state index in [0.29, 0.717) is 6.54 Å². The molecular weight excluding hydrogens is 239 g/mol. The van der Waals surface area contributed by atoms with Crippen LogP contribution in [0.3, 0.4) is 0 Å². The van der Waals surface area contributed by atoms with Crippen LogP contribution < -0.4 is 5.32 Å². The van der Waals surface area contributed by atoms with E-state index in [2.05, 4.69) is 17.3 Å². The lowest BCUT2D eigenvalue weighted by molar-refractivity contribution is 0.388. The molecule has 2 nitrogen and oxygen atoms in total. The minimum atomic E-state index is -0.341. The monoisotopic (exact) mass is 256 g/mol. The maximum absolute atomic E-state index is 13.2.